The number of aryl methyl sites for hydroxylation is 1. The molecular formula is C36H60N2O7. The van der Waals surface area contributed by atoms with E-state index in [1.807, 2.05) is 32.9 Å². The number of hydrogen-bond donors (Lipinski definition) is 3. The second-order valence-electron chi connectivity index (χ2n) is 14.4. The van der Waals surface area contributed by atoms with Crippen molar-refractivity contribution in [3.8, 4) is 0 Å². The molecule has 2 amide bonds. The predicted octanol–water partition coefficient (Wildman–Crippen LogP) is 6.02. The Balaban J connectivity index is 2.27. The first-order valence-electron chi connectivity index (χ1n) is 16.8. The molecule has 0 aromatic heterocycles. The Hall–Kier alpha value is -2.49. The molecule has 1 aromatic carbocycles. The Labute approximate surface area is 271 Å². The van der Waals surface area contributed by atoms with Gasteiger partial charge in [-0.25, -0.2) is 4.79 Å². The maximum absolute atomic E-state index is 13.4. The fraction of sp³-hybridized carbons (Fsp3) is 0.750. The minimum Gasteiger partial charge on any atom is -0.444 e. The molecule has 1 aromatic rings. The van der Waals surface area contributed by atoms with Crippen LogP contribution in [0.2, 0.25) is 0 Å². The summed E-state index contributed by atoms with van der Waals surface area (Å²) in [5, 5.41) is 17.8. The number of benzene rings is 1. The van der Waals surface area contributed by atoms with Crippen molar-refractivity contribution in [1.29, 1.82) is 0 Å². The lowest BCUT2D eigenvalue weighted by molar-refractivity contribution is -0.129. The maximum Gasteiger partial charge on any atom is 0.407 e. The monoisotopic (exact) mass is 632 g/mol. The van der Waals surface area contributed by atoms with Gasteiger partial charge in [0.05, 0.1) is 12.1 Å². The summed E-state index contributed by atoms with van der Waals surface area (Å²) in [6.07, 6.45) is 2.46. The van der Waals surface area contributed by atoms with E-state index < -0.39 is 29.8 Å². The second-order valence-corrected chi connectivity index (χ2v) is 14.4. The zero-order valence-electron chi connectivity index (χ0n) is 29.2. The summed E-state index contributed by atoms with van der Waals surface area (Å²) >= 11 is 0. The number of Topliss-reactive ketones (excluding diaryl/α,β-unsaturated/α-hetero) is 1. The van der Waals surface area contributed by atoms with E-state index >= 15 is 0 Å². The van der Waals surface area contributed by atoms with Crippen LogP contribution in [0.4, 0.5) is 4.79 Å². The van der Waals surface area contributed by atoms with Gasteiger partial charge in [-0.15, -0.1) is 0 Å². The van der Waals surface area contributed by atoms with Crippen LogP contribution in [-0.4, -0.2) is 73.6 Å². The van der Waals surface area contributed by atoms with Gasteiger partial charge in [0.2, 0.25) is 5.91 Å². The number of ketones is 1. The van der Waals surface area contributed by atoms with Gasteiger partial charge in [-0.2, -0.15) is 0 Å². The second kappa shape index (κ2) is 18.6. The molecule has 1 aliphatic heterocycles. The first-order chi connectivity index (χ1) is 21.1. The molecule has 0 bridgehead atoms. The standard InChI is InChI=1S/C36H60N2O7/c1-23(2)27(19-26-13-12-25(5)30(20-26)32(39)11-10-16-43-9)21-31(38-35(42)45-36(6,7)8)33(40)22-29(24(3)4)34(41)37-28-14-17-44-18-15-28/h12-13,20,23-24,27-29,31,33,40H,10-11,14-19,21-22H2,1-9H3,(H,37,41)(H,38,42). The van der Waals surface area contributed by atoms with Crippen LogP contribution in [0.1, 0.15) is 108 Å². The first kappa shape index (κ1) is 38.7. The fourth-order valence-corrected chi connectivity index (χ4v) is 5.86. The Morgan fingerprint density at radius 2 is 1.71 bits per heavy atom. The van der Waals surface area contributed by atoms with Gasteiger partial charge in [-0.3, -0.25) is 9.59 Å². The minimum absolute atomic E-state index is 0.00466. The number of aliphatic hydroxyl groups excluding tert-OH is 1. The van der Waals surface area contributed by atoms with Crippen LogP contribution in [0.3, 0.4) is 0 Å². The molecule has 1 aliphatic rings. The van der Waals surface area contributed by atoms with E-state index in [0.29, 0.717) is 45.5 Å². The molecule has 45 heavy (non-hydrogen) atoms. The molecule has 9 nitrogen and oxygen atoms in total. The molecule has 4 atom stereocenters. The molecule has 0 spiro atoms. The van der Waals surface area contributed by atoms with Crippen molar-refractivity contribution in [2.24, 2.45) is 23.7 Å². The van der Waals surface area contributed by atoms with Gasteiger partial charge in [0, 0.05) is 50.9 Å². The van der Waals surface area contributed by atoms with Gasteiger partial charge in [-0.05, 0) is 101 Å². The van der Waals surface area contributed by atoms with Crippen molar-refractivity contribution in [3.63, 3.8) is 0 Å². The smallest absolute Gasteiger partial charge is 0.407 e. The van der Waals surface area contributed by atoms with Crippen molar-refractivity contribution in [1.82, 2.24) is 10.6 Å². The van der Waals surface area contributed by atoms with Gasteiger partial charge >= 0.3 is 6.09 Å². The number of rotatable bonds is 17. The first-order valence-corrected chi connectivity index (χ1v) is 16.8. The highest BCUT2D eigenvalue weighted by Gasteiger charge is 2.34. The number of carbonyl (C=O) groups excluding carboxylic acids is 3. The van der Waals surface area contributed by atoms with Crippen LogP contribution in [0.25, 0.3) is 0 Å². The third-order valence-electron chi connectivity index (χ3n) is 8.72. The molecule has 0 radical (unpaired) electrons. The summed E-state index contributed by atoms with van der Waals surface area (Å²) in [5.74, 6) is -0.102. The minimum atomic E-state index is -0.970. The normalized spacial score (nSPS) is 17.1. The lowest BCUT2D eigenvalue weighted by Crippen LogP contribution is -2.49. The average Bonchev–Trinajstić information content (AvgIpc) is 2.95. The number of carbonyl (C=O) groups is 3. The van der Waals surface area contributed by atoms with Crippen molar-refractivity contribution < 1.29 is 33.7 Å². The van der Waals surface area contributed by atoms with Crippen LogP contribution < -0.4 is 10.6 Å². The molecule has 0 saturated carbocycles. The molecular weight excluding hydrogens is 572 g/mol. The SMILES string of the molecule is COCCCC(=O)c1cc(CC(CC(NC(=O)OC(C)(C)C)C(O)CC(C(=O)NC2CCOCC2)C(C)C)C(C)C)ccc1C. The van der Waals surface area contributed by atoms with Gasteiger partial charge in [0.25, 0.3) is 0 Å². The largest absolute Gasteiger partial charge is 0.444 e. The highest BCUT2D eigenvalue weighted by atomic mass is 16.6. The van der Waals surface area contributed by atoms with Crippen molar-refractivity contribution in [3.05, 3.63) is 34.9 Å². The molecule has 4 unspecified atom stereocenters. The molecule has 0 aliphatic carbocycles. The maximum atomic E-state index is 13.4. The number of alkyl carbamates (subject to hydrolysis) is 1. The topological polar surface area (TPSA) is 123 Å². The number of aliphatic hydroxyl groups is 1. The van der Waals surface area contributed by atoms with Gasteiger partial charge < -0.3 is 30.0 Å². The third kappa shape index (κ3) is 13.8. The van der Waals surface area contributed by atoms with E-state index in [9.17, 15) is 19.5 Å². The molecule has 256 valence electrons. The number of hydrogen-bond acceptors (Lipinski definition) is 7. The molecule has 1 heterocycles. The van der Waals surface area contributed by atoms with E-state index in [1.165, 1.54) is 0 Å². The number of ether oxygens (including phenoxy) is 3. The summed E-state index contributed by atoms with van der Waals surface area (Å²) in [7, 11) is 1.63. The third-order valence-corrected chi connectivity index (χ3v) is 8.72. The lowest BCUT2D eigenvalue weighted by atomic mass is 9.80. The van der Waals surface area contributed by atoms with Crippen LogP contribution in [-0.2, 0) is 25.4 Å². The molecule has 1 fully saturated rings. The summed E-state index contributed by atoms with van der Waals surface area (Å²) in [6, 6.07) is 5.47. The van der Waals surface area contributed by atoms with Crippen molar-refractivity contribution in [2.45, 2.75) is 124 Å². The van der Waals surface area contributed by atoms with E-state index in [1.54, 1.807) is 27.9 Å². The van der Waals surface area contributed by atoms with E-state index in [2.05, 4.69) is 30.5 Å². The Kier molecular flexibility index (Phi) is 16.0. The molecule has 2 rings (SSSR count). The Morgan fingerprint density at radius 3 is 2.29 bits per heavy atom. The zero-order chi connectivity index (χ0) is 33.7. The summed E-state index contributed by atoms with van der Waals surface area (Å²) in [6.45, 7) is 17.4. The lowest BCUT2D eigenvalue weighted by Gasteiger charge is -2.34. The molecule has 3 N–H and O–H groups in total. The Bertz CT molecular complexity index is 1080. The van der Waals surface area contributed by atoms with Crippen LogP contribution in [0.15, 0.2) is 18.2 Å². The molecule has 9 heteroatoms. The summed E-state index contributed by atoms with van der Waals surface area (Å²) < 4.78 is 16.1. The number of amides is 2. The van der Waals surface area contributed by atoms with E-state index in [4.69, 9.17) is 14.2 Å². The number of methoxy groups -OCH3 is 1. The van der Waals surface area contributed by atoms with E-state index in [-0.39, 0.29) is 41.9 Å². The van der Waals surface area contributed by atoms with Gasteiger partial charge in [0.15, 0.2) is 5.78 Å². The molecule has 1 saturated heterocycles. The summed E-state index contributed by atoms with van der Waals surface area (Å²) in [4.78, 5) is 39.3. The van der Waals surface area contributed by atoms with Crippen molar-refractivity contribution in [2.75, 3.05) is 26.9 Å². The zero-order valence-corrected chi connectivity index (χ0v) is 29.2. The quantitative estimate of drug-likeness (QED) is 0.142. The van der Waals surface area contributed by atoms with Gasteiger partial charge in [0.1, 0.15) is 5.60 Å². The fourth-order valence-electron chi connectivity index (χ4n) is 5.86. The average molecular weight is 633 g/mol. The predicted molar refractivity (Wildman–Crippen MR) is 177 cm³/mol. The highest BCUT2D eigenvalue weighted by Crippen LogP contribution is 2.28. The Morgan fingerprint density at radius 1 is 1.04 bits per heavy atom. The van der Waals surface area contributed by atoms with Crippen molar-refractivity contribution >= 4 is 17.8 Å². The van der Waals surface area contributed by atoms with Crippen LogP contribution >= 0.6 is 0 Å². The van der Waals surface area contributed by atoms with Crippen LogP contribution in [0.5, 0.6) is 0 Å². The van der Waals surface area contributed by atoms with E-state index in [0.717, 1.165) is 29.5 Å². The highest BCUT2D eigenvalue weighted by molar-refractivity contribution is 5.97. The van der Waals surface area contributed by atoms with Gasteiger partial charge in [-0.1, -0.05) is 39.8 Å². The summed E-state index contributed by atoms with van der Waals surface area (Å²) in [5.41, 5.74) is 2.01. The van der Waals surface area contributed by atoms with Crippen LogP contribution in [0, 0.1) is 30.6 Å². The number of nitrogens with one attached hydrogen (secondary N) is 2.